The highest BCUT2D eigenvalue weighted by atomic mass is 16.2. The van der Waals surface area contributed by atoms with Crippen molar-refractivity contribution in [2.45, 2.75) is 52.0 Å². The Morgan fingerprint density at radius 1 is 1.06 bits per heavy atom. The Hall–Kier alpha value is -3.14. The second kappa shape index (κ2) is 8.18. The van der Waals surface area contributed by atoms with E-state index >= 15 is 0 Å². The third-order valence-corrected chi connectivity index (χ3v) is 6.65. The number of carbonyl (C=O) groups excluding carboxylic acids is 1. The van der Waals surface area contributed by atoms with Crippen LogP contribution in [0.25, 0.3) is 11.8 Å². The number of likely N-dealkylation sites (tertiary alicyclic amines) is 1. The molecule has 0 spiro atoms. The normalized spacial score (nSPS) is 20.2. The molecule has 1 aliphatic carbocycles. The number of fused-ring (bicyclic) bond motifs is 1. The molecule has 0 N–H and O–H groups in total. The highest BCUT2D eigenvalue weighted by Crippen LogP contribution is 2.37. The number of aryl methyl sites for hydroxylation is 3. The van der Waals surface area contributed by atoms with Gasteiger partial charge in [0.15, 0.2) is 0 Å². The summed E-state index contributed by atoms with van der Waals surface area (Å²) in [6.45, 7) is 4.96. The quantitative estimate of drug-likeness (QED) is 0.528. The molecule has 0 bridgehead atoms. The number of amides is 1. The van der Waals surface area contributed by atoms with Gasteiger partial charge in [-0.2, -0.15) is 0 Å². The van der Waals surface area contributed by atoms with Gasteiger partial charge in [-0.25, -0.2) is 4.98 Å². The summed E-state index contributed by atoms with van der Waals surface area (Å²) in [5.74, 6) is 0.208. The Balaban J connectivity index is 1.41. The maximum Gasteiger partial charge on any atom is 0.250 e. The average molecular weight is 412 g/mol. The number of rotatable bonds is 3. The number of carbonyl (C=O) groups is 1. The summed E-state index contributed by atoms with van der Waals surface area (Å²) in [5.41, 5.74) is 8.07. The second-order valence-corrected chi connectivity index (χ2v) is 8.85. The zero-order chi connectivity index (χ0) is 21.4. The minimum absolute atomic E-state index is 0.208. The first-order valence-electron chi connectivity index (χ1n) is 11.3. The maximum atomic E-state index is 13.5. The van der Waals surface area contributed by atoms with Crippen LogP contribution in [0.2, 0.25) is 0 Å². The molecule has 5 rings (SSSR count). The summed E-state index contributed by atoms with van der Waals surface area (Å²) in [6, 6.07) is 15.3. The van der Waals surface area contributed by atoms with E-state index in [2.05, 4.69) is 69.9 Å². The molecule has 0 saturated carbocycles. The van der Waals surface area contributed by atoms with Gasteiger partial charge in [-0.05, 0) is 86.4 Å². The molecular formula is C27H29N3O. The molecule has 4 heteroatoms. The number of nitrogens with zero attached hydrogens (tertiary/aromatic N) is 3. The summed E-state index contributed by atoms with van der Waals surface area (Å²) in [5, 5.41) is 0. The van der Waals surface area contributed by atoms with Crippen LogP contribution >= 0.6 is 0 Å². The van der Waals surface area contributed by atoms with E-state index in [1.807, 2.05) is 19.4 Å². The largest absolute Gasteiger partial charge is 0.332 e. The molecule has 1 aliphatic heterocycles. The van der Waals surface area contributed by atoms with Gasteiger partial charge in [0, 0.05) is 24.0 Å². The minimum Gasteiger partial charge on any atom is -0.332 e. The lowest BCUT2D eigenvalue weighted by Gasteiger charge is -2.39. The van der Waals surface area contributed by atoms with Crippen molar-refractivity contribution in [1.29, 1.82) is 0 Å². The van der Waals surface area contributed by atoms with Gasteiger partial charge in [0.25, 0.3) is 0 Å². The van der Waals surface area contributed by atoms with Crippen LogP contribution in [0.15, 0.2) is 60.6 Å². The van der Waals surface area contributed by atoms with Crippen molar-refractivity contribution < 1.29 is 4.79 Å². The van der Waals surface area contributed by atoms with Crippen LogP contribution in [0.4, 0.5) is 0 Å². The van der Waals surface area contributed by atoms with E-state index in [-0.39, 0.29) is 11.9 Å². The zero-order valence-corrected chi connectivity index (χ0v) is 18.3. The fourth-order valence-electron chi connectivity index (χ4n) is 5.13. The lowest BCUT2D eigenvalue weighted by molar-refractivity contribution is -0.131. The standard InChI is InChI=1S/C27H29N3O/c1-19-15-21(12-13-25(19)29-17-20(2)28-18-29)16-23-9-6-14-30(27(23)31)26-11-5-8-22-7-3-4-10-24(22)26/h3-4,7,10,12-13,15-18,26H,5-6,8-9,11,14H2,1-2H3/b23-16+/t26-/m0/s1. The monoisotopic (exact) mass is 411 g/mol. The van der Waals surface area contributed by atoms with E-state index in [4.69, 9.17) is 0 Å². The van der Waals surface area contributed by atoms with Gasteiger partial charge in [0.05, 0.1) is 18.1 Å². The van der Waals surface area contributed by atoms with Crippen LogP contribution in [0, 0.1) is 13.8 Å². The van der Waals surface area contributed by atoms with Gasteiger partial charge in [-0.3, -0.25) is 4.79 Å². The van der Waals surface area contributed by atoms with Crippen molar-refractivity contribution >= 4 is 12.0 Å². The highest BCUT2D eigenvalue weighted by molar-refractivity contribution is 5.98. The summed E-state index contributed by atoms with van der Waals surface area (Å²) < 4.78 is 2.05. The molecule has 2 heterocycles. The first-order valence-corrected chi connectivity index (χ1v) is 11.3. The molecule has 3 aromatic rings. The Kier molecular flexibility index (Phi) is 5.23. The lowest BCUT2D eigenvalue weighted by Crippen LogP contribution is -2.41. The fourth-order valence-corrected chi connectivity index (χ4v) is 5.13. The van der Waals surface area contributed by atoms with E-state index in [1.165, 1.54) is 16.7 Å². The molecule has 4 nitrogen and oxygen atoms in total. The second-order valence-electron chi connectivity index (χ2n) is 8.85. The van der Waals surface area contributed by atoms with Crippen molar-refractivity contribution in [3.8, 4) is 5.69 Å². The molecule has 1 fully saturated rings. The highest BCUT2D eigenvalue weighted by Gasteiger charge is 2.32. The summed E-state index contributed by atoms with van der Waals surface area (Å²) in [4.78, 5) is 19.9. The Morgan fingerprint density at radius 2 is 1.94 bits per heavy atom. The van der Waals surface area contributed by atoms with Crippen molar-refractivity contribution in [2.75, 3.05) is 6.54 Å². The summed E-state index contributed by atoms with van der Waals surface area (Å²) in [6.07, 6.45) is 11.2. The van der Waals surface area contributed by atoms with Crippen molar-refractivity contribution in [1.82, 2.24) is 14.5 Å². The molecule has 31 heavy (non-hydrogen) atoms. The molecule has 0 radical (unpaired) electrons. The van der Waals surface area contributed by atoms with E-state index in [1.54, 1.807) is 0 Å². The average Bonchev–Trinajstić information content (AvgIpc) is 3.21. The fraction of sp³-hybridized carbons (Fsp3) is 0.333. The first-order chi connectivity index (χ1) is 15.1. The van der Waals surface area contributed by atoms with Crippen molar-refractivity contribution in [3.05, 3.63) is 88.5 Å². The molecular weight excluding hydrogens is 382 g/mol. The maximum absolute atomic E-state index is 13.5. The number of aromatic nitrogens is 2. The van der Waals surface area contributed by atoms with E-state index < -0.39 is 0 Å². The van der Waals surface area contributed by atoms with E-state index in [0.717, 1.165) is 61.2 Å². The smallest absolute Gasteiger partial charge is 0.250 e. The third kappa shape index (κ3) is 3.83. The van der Waals surface area contributed by atoms with E-state index in [9.17, 15) is 4.79 Å². The lowest BCUT2D eigenvalue weighted by atomic mass is 9.85. The number of benzene rings is 2. The van der Waals surface area contributed by atoms with Crippen LogP contribution in [-0.2, 0) is 11.2 Å². The van der Waals surface area contributed by atoms with Crippen LogP contribution in [0.3, 0.4) is 0 Å². The van der Waals surface area contributed by atoms with Crippen LogP contribution in [0.1, 0.15) is 59.7 Å². The Labute approximate surface area is 184 Å². The van der Waals surface area contributed by atoms with Crippen LogP contribution in [0.5, 0.6) is 0 Å². The molecule has 1 saturated heterocycles. The van der Waals surface area contributed by atoms with Crippen LogP contribution in [-0.4, -0.2) is 26.9 Å². The summed E-state index contributed by atoms with van der Waals surface area (Å²) in [7, 11) is 0. The van der Waals surface area contributed by atoms with Gasteiger partial charge in [0.2, 0.25) is 5.91 Å². The minimum atomic E-state index is 0.208. The van der Waals surface area contributed by atoms with Crippen molar-refractivity contribution in [2.24, 2.45) is 0 Å². The molecule has 0 unspecified atom stereocenters. The van der Waals surface area contributed by atoms with Gasteiger partial charge >= 0.3 is 0 Å². The van der Waals surface area contributed by atoms with Gasteiger partial charge in [-0.15, -0.1) is 0 Å². The molecule has 158 valence electrons. The number of hydrogen-bond donors (Lipinski definition) is 0. The molecule has 1 amide bonds. The predicted octanol–water partition coefficient (Wildman–Crippen LogP) is 5.57. The topological polar surface area (TPSA) is 38.1 Å². The number of imidazole rings is 1. The number of piperidine rings is 1. The molecule has 1 atom stereocenters. The molecule has 2 aliphatic rings. The van der Waals surface area contributed by atoms with Crippen LogP contribution < -0.4 is 0 Å². The van der Waals surface area contributed by atoms with Crippen molar-refractivity contribution in [3.63, 3.8) is 0 Å². The Bertz CT molecular complexity index is 1160. The predicted molar refractivity (Wildman–Crippen MR) is 124 cm³/mol. The molecule has 1 aromatic heterocycles. The molecule has 2 aromatic carbocycles. The number of hydrogen-bond acceptors (Lipinski definition) is 2. The van der Waals surface area contributed by atoms with E-state index in [0.29, 0.717) is 0 Å². The van der Waals surface area contributed by atoms with Gasteiger partial charge in [-0.1, -0.05) is 30.3 Å². The van der Waals surface area contributed by atoms with Gasteiger partial charge < -0.3 is 9.47 Å². The first kappa shape index (κ1) is 19.8. The SMILES string of the molecule is Cc1cn(-c2ccc(/C=C3\CCCN([C@H]4CCCc5ccccc54)C3=O)cc2C)cn1. The Morgan fingerprint density at radius 3 is 2.74 bits per heavy atom. The summed E-state index contributed by atoms with van der Waals surface area (Å²) >= 11 is 0. The third-order valence-electron chi connectivity index (χ3n) is 6.65. The zero-order valence-electron chi connectivity index (χ0n) is 18.3. The van der Waals surface area contributed by atoms with Gasteiger partial charge in [0.1, 0.15) is 0 Å².